The first-order chi connectivity index (χ1) is 37.4. The maximum atomic E-state index is 14.5. The fraction of sp³-hybridized carbons (Fsp3) is 0.340. The SMILES string of the molecule is CC(C)n1nc(-c2nc(Br)ns2)c2c(N)nccc21.CC(C)n1nc(-c2noc(C3CC3)c2-c2cnn(Cc3ccccc3)c2)c2c(N)nccc21.CC(C)n1nc(-c2noc(C3CC3)c2P(C)(C)=O)c2c(N)ncc(F)c21. The summed E-state index contributed by atoms with van der Waals surface area (Å²) in [5, 5.41) is 30.7. The lowest BCUT2D eigenvalue weighted by Crippen LogP contribution is -2.10. The summed E-state index contributed by atoms with van der Waals surface area (Å²) in [7, 11) is -2.70. The summed E-state index contributed by atoms with van der Waals surface area (Å²) >= 11 is 4.54. The molecule has 6 N–H and O–H groups in total. The fourth-order valence-corrected chi connectivity index (χ4v) is 12.1. The van der Waals surface area contributed by atoms with Crippen molar-refractivity contribution in [2.45, 2.75) is 104 Å². The van der Waals surface area contributed by atoms with Crippen LogP contribution in [-0.2, 0) is 11.1 Å². The number of fused-ring (bicyclic) bond motifs is 3. The van der Waals surface area contributed by atoms with Crippen LogP contribution >= 0.6 is 34.6 Å². The van der Waals surface area contributed by atoms with Crippen molar-refractivity contribution in [1.82, 2.24) is 73.7 Å². The Kier molecular flexibility index (Phi) is 13.8. The van der Waals surface area contributed by atoms with Gasteiger partial charge in [-0.15, -0.1) is 0 Å². The lowest BCUT2D eigenvalue weighted by atomic mass is 10.0. The number of benzene rings is 1. The van der Waals surface area contributed by atoms with Gasteiger partial charge in [-0.3, -0.25) is 18.7 Å². The number of rotatable bonds is 12. The Bertz CT molecular complexity index is 4060. The zero-order valence-electron chi connectivity index (χ0n) is 44.1. The third-order valence-corrected chi connectivity index (χ3v) is 16.3. The molecule has 2 saturated carbocycles. The highest BCUT2D eigenvalue weighted by Crippen LogP contribution is 2.50. The predicted molar refractivity (Wildman–Crippen MR) is 304 cm³/mol. The number of hydrogen-bond donors (Lipinski definition) is 3. The van der Waals surface area contributed by atoms with Gasteiger partial charge in [-0.1, -0.05) is 40.6 Å². The van der Waals surface area contributed by atoms with Crippen molar-refractivity contribution >= 4 is 90.1 Å². The first kappa shape index (κ1) is 52.4. The number of aromatic nitrogens is 15. The molecule has 13 rings (SSSR count). The minimum Gasteiger partial charge on any atom is -0.383 e. The molecule has 1 aromatic carbocycles. The number of hydrogen-bond acceptors (Lipinski definition) is 18. The summed E-state index contributed by atoms with van der Waals surface area (Å²) in [6.45, 7) is 16.2. The lowest BCUT2D eigenvalue weighted by Gasteiger charge is -2.08. The van der Waals surface area contributed by atoms with Crippen molar-refractivity contribution in [2.75, 3.05) is 30.5 Å². The molecule has 78 heavy (non-hydrogen) atoms. The number of anilines is 3. The van der Waals surface area contributed by atoms with E-state index in [1.54, 1.807) is 30.4 Å². The molecule has 402 valence electrons. The van der Waals surface area contributed by atoms with Gasteiger partial charge >= 0.3 is 0 Å². The van der Waals surface area contributed by atoms with Gasteiger partial charge in [-0.2, -0.15) is 24.8 Å². The molecule has 2 aliphatic rings. The maximum Gasteiger partial charge on any atom is 0.209 e. The van der Waals surface area contributed by atoms with Gasteiger partial charge in [-0.05, 0) is 126 Å². The number of pyridine rings is 3. The molecule has 2 fully saturated rings. The number of nitrogens with two attached hydrogens (primary N) is 3. The smallest absolute Gasteiger partial charge is 0.209 e. The molecule has 25 heteroatoms. The largest absolute Gasteiger partial charge is 0.383 e. The summed E-state index contributed by atoms with van der Waals surface area (Å²) in [4.78, 5) is 16.7. The van der Waals surface area contributed by atoms with Crippen molar-refractivity contribution in [3.05, 3.63) is 101 Å². The van der Waals surface area contributed by atoms with Crippen molar-refractivity contribution in [1.29, 1.82) is 0 Å². The Morgan fingerprint density at radius 3 is 1.85 bits per heavy atom. The molecule has 10 aromatic heterocycles. The van der Waals surface area contributed by atoms with Gasteiger partial charge in [0.05, 0.1) is 57.0 Å². The molecule has 0 radical (unpaired) electrons. The van der Waals surface area contributed by atoms with Crippen LogP contribution in [0.5, 0.6) is 0 Å². The first-order valence-electron chi connectivity index (χ1n) is 25.6. The predicted octanol–water partition coefficient (Wildman–Crippen LogP) is 11.4. The Balaban J connectivity index is 0.000000129. The minimum absolute atomic E-state index is 0.101. The van der Waals surface area contributed by atoms with E-state index in [-0.39, 0.29) is 35.4 Å². The second kappa shape index (κ2) is 20.6. The number of halogens is 2. The second-order valence-corrected chi connectivity index (χ2v) is 25.4. The van der Waals surface area contributed by atoms with Crippen LogP contribution < -0.4 is 22.5 Å². The van der Waals surface area contributed by atoms with Crippen LogP contribution in [0.15, 0.2) is 87.2 Å². The van der Waals surface area contributed by atoms with E-state index in [0.717, 1.165) is 81.3 Å². The van der Waals surface area contributed by atoms with Crippen LogP contribution in [-0.4, -0.2) is 87.1 Å². The summed E-state index contributed by atoms with van der Waals surface area (Å²) in [5.41, 5.74) is 26.5. The van der Waals surface area contributed by atoms with Crippen LogP contribution in [0.3, 0.4) is 0 Å². The highest BCUT2D eigenvalue weighted by molar-refractivity contribution is 9.10. The second-order valence-electron chi connectivity index (χ2n) is 20.8. The molecule has 21 nitrogen and oxygen atoms in total. The van der Waals surface area contributed by atoms with Gasteiger partial charge < -0.3 is 30.8 Å². The quantitative estimate of drug-likeness (QED) is 0.0958. The van der Waals surface area contributed by atoms with E-state index < -0.39 is 13.0 Å². The van der Waals surface area contributed by atoms with E-state index in [1.165, 1.54) is 17.1 Å². The van der Waals surface area contributed by atoms with Crippen molar-refractivity contribution < 1.29 is 18.0 Å². The van der Waals surface area contributed by atoms with E-state index in [2.05, 4.69) is 112 Å². The van der Waals surface area contributed by atoms with E-state index >= 15 is 0 Å². The van der Waals surface area contributed by atoms with Gasteiger partial charge in [0.2, 0.25) is 4.73 Å². The van der Waals surface area contributed by atoms with Crippen LogP contribution in [0.4, 0.5) is 21.8 Å². The van der Waals surface area contributed by atoms with Crippen molar-refractivity contribution in [3.8, 4) is 44.6 Å². The summed E-state index contributed by atoms with van der Waals surface area (Å²) in [5.74, 6) is 2.74. The van der Waals surface area contributed by atoms with Gasteiger partial charge in [0.25, 0.3) is 0 Å². The van der Waals surface area contributed by atoms with Crippen LogP contribution in [0.2, 0.25) is 0 Å². The van der Waals surface area contributed by atoms with Gasteiger partial charge in [-0.25, -0.2) is 24.3 Å². The highest BCUT2D eigenvalue weighted by Gasteiger charge is 2.39. The third-order valence-electron chi connectivity index (χ3n) is 13.5. The Labute approximate surface area is 459 Å². The van der Waals surface area contributed by atoms with Gasteiger partial charge in [0.1, 0.15) is 64.3 Å². The summed E-state index contributed by atoms with van der Waals surface area (Å²) < 4.78 is 51.1. The summed E-state index contributed by atoms with van der Waals surface area (Å²) in [6.07, 6.45) is 12.6. The fourth-order valence-electron chi connectivity index (χ4n) is 9.63. The number of nitrogen functional groups attached to an aromatic ring is 3. The first-order valence-corrected chi connectivity index (χ1v) is 29.7. The molecule has 11 aromatic rings. The topological polar surface area (TPSA) is 283 Å². The molecule has 2 aliphatic carbocycles. The molecule has 0 spiro atoms. The molecule has 0 atom stereocenters. The Hall–Kier alpha value is -7.69. The van der Waals surface area contributed by atoms with Crippen LogP contribution in [0.1, 0.15) is 114 Å². The zero-order valence-corrected chi connectivity index (χ0v) is 47.4. The van der Waals surface area contributed by atoms with Crippen molar-refractivity contribution in [3.63, 3.8) is 0 Å². The maximum absolute atomic E-state index is 14.5. The molecule has 0 amide bonds. The molecular weight excluding hydrogens is 1100 g/mol. The zero-order chi connectivity index (χ0) is 54.9. The molecule has 0 saturated heterocycles. The highest BCUT2D eigenvalue weighted by atomic mass is 79.9. The average molecular weight is 1160 g/mol. The van der Waals surface area contributed by atoms with E-state index in [1.807, 2.05) is 64.4 Å². The van der Waals surface area contributed by atoms with E-state index in [9.17, 15) is 8.96 Å². The van der Waals surface area contributed by atoms with Crippen LogP contribution in [0.25, 0.3) is 77.3 Å². The Morgan fingerprint density at radius 2 is 1.26 bits per heavy atom. The molecule has 0 bridgehead atoms. The normalized spacial score (nSPS) is 13.8. The van der Waals surface area contributed by atoms with E-state index in [4.69, 9.17) is 31.3 Å². The Morgan fingerprint density at radius 1 is 0.705 bits per heavy atom. The monoisotopic (exact) mass is 1150 g/mol. The van der Waals surface area contributed by atoms with Gasteiger partial charge in [0, 0.05) is 54.1 Å². The van der Waals surface area contributed by atoms with Crippen molar-refractivity contribution in [2.24, 2.45) is 0 Å². The molecule has 0 unspecified atom stereocenters. The molecular formula is C53H57BrFN18O3PS. The molecule has 0 aliphatic heterocycles. The lowest BCUT2D eigenvalue weighted by molar-refractivity contribution is 0.386. The number of nitrogens with zero attached hydrogens (tertiary/aromatic N) is 15. The minimum atomic E-state index is -2.70. The standard InChI is InChI=1S/C25H25N7O.C17H21FN5O2P.C11H11BrN6S/c1-15(2)32-19-10-11-27-25(26)21(19)22(29-32)23-20(24(33-30-23)17-8-9-17)18-12-28-31(14-18)13-16-6-4-3-5-7-16;1-8(2)23-14-10(18)7-20-17(19)11(14)12(21-23)13-16(26(3,4)24)15(25-22-13)9-5-6-9;1-5(2)18-6-3-4-14-9(13)7(6)8(16-18)10-15-11(12)17-19-10/h3-7,10-12,14-15,17H,8-9,13H2,1-2H3,(H2,26,27);7-9H,5-6H2,1-4H3,(H2,19,20);3-5H,1-2H3,(H2,13,14). The van der Waals surface area contributed by atoms with Gasteiger partial charge in [0.15, 0.2) is 16.6 Å². The van der Waals surface area contributed by atoms with E-state index in [0.29, 0.717) is 68.1 Å². The third kappa shape index (κ3) is 9.84. The average Bonchev–Trinajstić information content (AvgIpc) is 4.12. The molecule has 10 heterocycles. The summed E-state index contributed by atoms with van der Waals surface area (Å²) in [6, 6.07) is 14.4. The van der Waals surface area contributed by atoms with Crippen LogP contribution in [0, 0.1) is 5.82 Å².